The summed E-state index contributed by atoms with van der Waals surface area (Å²) in [6, 6.07) is 16.3. The SMILES string of the molecule is CCOC(=O)c1cccc(N(CC2CCN(C(=O)OC(C)(C)C)CC2)C(=O)OCc2ccccc2)c1. The lowest BCUT2D eigenvalue weighted by Crippen LogP contribution is -2.44. The van der Waals surface area contributed by atoms with Crippen LogP contribution in [0, 0.1) is 5.92 Å². The largest absolute Gasteiger partial charge is 0.462 e. The van der Waals surface area contributed by atoms with Gasteiger partial charge in [0.15, 0.2) is 0 Å². The highest BCUT2D eigenvalue weighted by molar-refractivity contribution is 5.93. The summed E-state index contributed by atoms with van der Waals surface area (Å²) in [5.74, 6) is -0.290. The average molecular weight is 497 g/mol. The molecule has 36 heavy (non-hydrogen) atoms. The number of piperidine rings is 1. The van der Waals surface area contributed by atoms with Gasteiger partial charge in [0.25, 0.3) is 0 Å². The number of rotatable bonds is 7. The molecule has 0 aliphatic carbocycles. The molecule has 0 bridgehead atoms. The van der Waals surface area contributed by atoms with Gasteiger partial charge in [-0.15, -0.1) is 0 Å². The molecule has 2 aromatic rings. The minimum absolute atomic E-state index is 0.144. The van der Waals surface area contributed by atoms with Crippen LogP contribution < -0.4 is 4.90 Å². The number of hydrogen-bond donors (Lipinski definition) is 0. The summed E-state index contributed by atoms with van der Waals surface area (Å²) in [5, 5.41) is 0. The second-order valence-corrected chi connectivity index (χ2v) is 9.83. The van der Waals surface area contributed by atoms with Crippen LogP contribution in [0.2, 0.25) is 0 Å². The lowest BCUT2D eigenvalue weighted by atomic mass is 9.96. The lowest BCUT2D eigenvalue weighted by molar-refractivity contribution is 0.0185. The summed E-state index contributed by atoms with van der Waals surface area (Å²) < 4.78 is 16.2. The number of nitrogens with zero attached hydrogens (tertiary/aromatic N) is 2. The Hall–Kier alpha value is -3.55. The first-order chi connectivity index (χ1) is 17.2. The van der Waals surface area contributed by atoms with E-state index in [0.717, 1.165) is 18.4 Å². The fourth-order valence-electron chi connectivity index (χ4n) is 3.98. The van der Waals surface area contributed by atoms with Gasteiger partial charge in [-0.05, 0) is 70.2 Å². The molecule has 8 nitrogen and oxygen atoms in total. The van der Waals surface area contributed by atoms with Gasteiger partial charge in [0, 0.05) is 25.3 Å². The van der Waals surface area contributed by atoms with Gasteiger partial charge >= 0.3 is 18.2 Å². The van der Waals surface area contributed by atoms with Crippen LogP contribution in [-0.2, 0) is 20.8 Å². The van der Waals surface area contributed by atoms with Gasteiger partial charge in [0.05, 0.1) is 12.2 Å². The molecule has 1 fully saturated rings. The van der Waals surface area contributed by atoms with Crippen molar-refractivity contribution in [2.24, 2.45) is 5.92 Å². The first kappa shape index (κ1) is 27.0. The highest BCUT2D eigenvalue weighted by atomic mass is 16.6. The number of ether oxygens (including phenoxy) is 3. The molecule has 1 aliphatic rings. The second-order valence-electron chi connectivity index (χ2n) is 9.83. The zero-order valence-electron chi connectivity index (χ0n) is 21.6. The molecular formula is C28H36N2O6. The third kappa shape index (κ3) is 8.00. The molecule has 1 saturated heterocycles. The van der Waals surface area contributed by atoms with Crippen molar-refractivity contribution in [1.29, 1.82) is 0 Å². The maximum atomic E-state index is 13.2. The molecule has 0 N–H and O–H groups in total. The number of anilines is 1. The number of amides is 2. The third-order valence-electron chi connectivity index (χ3n) is 5.80. The fourth-order valence-corrected chi connectivity index (χ4v) is 3.98. The van der Waals surface area contributed by atoms with Gasteiger partial charge in [-0.3, -0.25) is 4.90 Å². The quantitative estimate of drug-likeness (QED) is 0.364. The summed E-state index contributed by atoms with van der Waals surface area (Å²) in [7, 11) is 0. The topological polar surface area (TPSA) is 85.4 Å². The van der Waals surface area contributed by atoms with Gasteiger partial charge in [0.1, 0.15) is 12.2 Å². The van der Waals surface area contributed by atoms with Crippen molar-refractivity contribution in [3.63, 3.8) is 0 Å². The fraction of sp³-hybridized carbons (Fsp3) is 0.464. The predicted octanol–water partition coefficient (Wildman–Crippen LogP) is 5.65. The van der Waals surface area contributed by atoms with Crippen LogP contribution in [0.4, 0.5) is 15.3 Å². The van der Waals surface area contributed by atoms with Gasteiger partial charge in [-0.25, -0.2) is 14.4 Å². The molecule has 0 atom stereocenters. The van der Waals surface area contributed by atoms with Crippen LogP contribution in [0.3, 0.4) is 0 Å². The third-order valence-corrected chi connectivity index (χ3v) is 5.80. The van der Waals surface area contributed by atoms with Crippen molar-refractivity contribution in [2.45, 2.75) is 52.7 Å². The second kappa shape index (κ2) is 12.4. The molecule has 2 aromatic carbocycles. The molecule has 2 amide bonds. The maximum Gasteiger partial charge on any atom is 0.414 e. The van der Waals surface area contributed by atoms with E-state index < -0.39 is 17.7 Å². The zero-order chi connectivity index (χ0) is 26.1. The van der Waals surface area contributed by atoms with E-state index in [-0.39, 0.29) is 25.2 Å². The molecule has 1 aliphatic heterocycles. The number of carbonyl (C=O) groups excluding carboxylic acids is 3. The minimum atomic E-state index is -0.544. The molecule has 0 saturated carbocycles. The normalized spacial score (nSPS) is 14.2. The molecule has 1 heterocycles. The maximum absolute atomic E-state index is 13.2. The van der Waals surface area contributed by atoms with E-state index in [2.05, 4.69) is 0 Å². The van der Waals surface area contributed by atoms with E-state index in [1.165, 1.54) is 0 Å². The summed E-state index contributed by atoms with van der Waals surface area (Å²) >= 11 is 0. The molecule has 0 radical (unpaired) electrons. The van der Waals surface area contributed by atoms with Gasteiger partial charge < -0.3 is 19.1 Å². The Balaban J connectivity index is 1.71. The summed E-state index contributed by atoms with van der Waals surface area (Å²) in [4.78, 5) is 41.2. The van der Waals surface area contributed by atoms with Crippen LogP contribution in [-0.4, -0.2) is 54.9 Å². The lowest BCUT2D eigenvalue weighted by Gasteiger charge is -2.35. The smallest absolute Gasteiger partial charge is 0.414 e. The van der Waals surface area contributed by atoms with Crippen LogP contribution >= 0.6 is 0 Å². The molecule has 8 heteroatoms. The van der Waals surface area contributed by atoms with Crippen molar-refractivity contribution in [3.05, 3.63) is 65.7 Å². The number of likely N-dealkylation sites (tertiary alicyclic amines) is 1. The average Bonchev–Trinajstić information content (AvgIpc) is 2.86. The Morgan fingerprint density at radius 2 is 1.67 bits per heavy atom. The van der Waals surface area contributed by atoms with E-state index >= 15 is 0 Å². The van der Waals surface area contributed by atoms with Crippen molar-refractivity contribution in [3.8, 4) is 0 Å². The number of benzene rings is 2. The van der Waals surface area contributed by atoms with Crippen LogP contribution in [0.15, 0.2) is 54.6 Å². The van der Waals surface area contributed by atoms with Crippen molar-refractivity contribution < 1.29 is 28.6 Å². The van der Waals surface area contributed by atoms with Gasteiger partial charge in [-0.1, -0.05) is 36.4 Å². The Morgan fingerprint density at radius 3 is 2.31 bits per heavy atom. The summed E-state index contributed by atoms with van der Waals surface area (Å²) in [5.41, 5.74) is 1.27. The van der Waals surface area contributed by atoms with E-state index in [1.54, 1.807) is 41.0 Å². The standard InChI is InChI=1S/C28H36N2O6/c1-5-34-25(31)23-12-9-13-24(18-23)30(27(33)35-20-22-10-7-6-8-11-22)19-21-14-16-29(17-15-21)26(32)36-28(2,3)4/h6-13,18,21H,5,14-17,19-20H2,1-4H3. The molecule has 0 spiro atoms. The predicted molar refractivity (Wildman–Crippen MR) is 137 cm³/mol. The first-order valence-corrected chi connectivity index (χ1v) is 12.4. The molecule has 3 rings (SSSR count). The number of carbonyl (C=O) groups is 3. The van der Waals surface area contributed by atoms with Crippen molar-refractivity contribution in [2.75, 3.05) is 31.1 Å². The zero-order valence-corrected chi connectivity index (χ0v) is 21.6. The van der Waals surface area contributed by atoms with Crippen LogP contribution in [0.1, 0.15) is 56.5 Å². The highest BCUT2D eigenvalue weighted by Gasteiger charge is 2.30. The van der Waals surface area contributed by atoms with E-state index in [4.69, 9.17) is 14.2 Å². The Bertz CT molecular complexity index is 1030. The number of esters is 1. The Kier molecular flexibility index (Phi) is 9.33. The molecule has 0 unspecified atom stereocenters. The molecule has 194 valence electrons. The van der Waals surface area contributed by atoms with Crippen LogP contribution in [0.25, 0.3) is 0 Å². The van der Waals surface area contributed by atoms with Gasteiger partial charge in [0.2, 0.25) is 0 Å². The minimum Gasteiger partial charge on any atom is -0.462 e. The monoisotopic (exact) mass is 496 g/mol. The van der Waals surface area contributed by atoms with Crippen molar-refractivity contribution >= 4 is 23.8 Å². The molecular weight excluding hydrogens is 460 g/mol. The van der Waals surface area contributed by atoms with E-state index in [1.807, 2.05) is 51.1 Å². The highest BCUT2D eigenvalue weighted by Crippen LogP contribution is 2.25. The molecule has 0 aromatic heterocycles. The van der Waals surface area contributed by atoms with E-state index in [9.17, 15) is 14.4 Å². The summed E-state index contributed by atoms with van der Waals surface area (Å²) in [6.45, 7) is 9.21. The first-order valence-electron chi connectivity index (χ1n) is 12.4. The van der Waals surface area contributed by atoms with E-state index in [0.29, 0.717) is 30.9 Å². The number of hydrogen-bond acceptors (Lipinski definition) is 6. The Labute approximate surface area is 213 Å². The van der Waals surface area contributed by atoms with Crippen molar-refractivity contribution in [1.82, 2.24) is 4.90 Å². The Morgan fingerprint density at radius 1 is 0.972 bits per heavy atom. The summed E-state index contributed by atoms with van der Waals surface area (Å²) in [6.07, 6.45) is 0.634. The van der Waals surface area contributed by atoms with Crippen LogP contribution in [0.5, 0.6) is 0 Å². The van der Waals surface area contributed by atoms with Gasteiger partial charge in [-0.2, -0.15) is 0 Å².